The highest BCUT2D eigenvalue weighted by Crippen LogP contribution is 2.32. The number of aryl methyl sites for hydroxylation is 1. The van der Waals surface area contributed by atoms with Crippen molar-refractivity contribution in [2.24, 2.45) is 11.8 Å². The summed E-state index contributed by atoms with van der Waals surface area (Å²) in [7, 11) is 1.49. The molecule has 0 aliphatic heterocycles. The summed E-state index contributed by atoms with van der Waals surface area (Å²) >= 11 is 6.03. The Morgan fingerprint density at radius 3 is 2.58 bits per heavy atom. The summed E-state index contributed by atoms with van der Waals surface area (Å²) in [5.74, 6) is -1.59. The molecule has 0 saturated heterocycles. The molecule has 2 amide bonds. The highest BCUT2D eigenvalue weighted by molar-refractivity contribution is 6.31. The fourth-order valence-corrected chi connectivity index (χ4v) is 3.18. The van der Waals surface area contributed by atoms with Crippen molar-refractivity contribution in [2.45, 2.75) is 32.6 Å². The average molecular weight is 383 g/mol. The molecule has 1 aliphatic rings. The Hall–Kier alpha value is -2.28. The normalized spacial score (nSPS) is 19.0. The minimum Gasteiger partial charge on any atom is -0.495 e. The van der Waals surface area contributed by atoms with Crippen molar-refractivity contribution in [1.82, 2.24) is 5.32 Å². The number of carbonyl (C=O) groups excluding carboxylic acids is 2. The summed E-state index contributed by atoms with van der Waals surface area (Å²) in [5.41, 5.74) is 1.33. The van der Waals surface area contributed by atoms with E-state index in [2.05, 4.69) is 10.6 Å². The molecule has 1 aromatic rings. The third-order valence-corrected chi connectivity index (χ3v) is 4.97. The highest BCUT2D eigenvalue weighted by Gasteiger charge is 2.33. The zero-order valence-corrected chi connectivity index (χ0v) is 15.6. The summed E-state index contributed by atoms with van der Waals surface area (Å²) in [5, 5.41) is 15.0. The number of rotatable bonds is 7. The van der Waals surface area contributed by atoms with Crippen LogP contribution >= 0.6 is 11.6 Å². The number of ether oxygens (including phenoxy) is 1. The number of anilines is 1. The van der Waals surface area contributed by atoms with Crippen molar-refractivity contribution in [2.75, 3.05) is 19.0 Å². The first-order valence-electron chi connectivity index (χ1n) is 8.46. The molecule has 7 nitrogen and oxygen atoms in total. The third-order valence-electron chi connectivity index (χ3n) is 4.56. The Morgan fingerprint density at radius 2 is 1.96 bits per heavy atom. The van der Waals surface area contributed by atoms with Gasteiger partial charge in [-0.2, -0.15) is 0 Å². The van der Waals surface area contributed by atoms with Gasteiger partial charge in [0, 0.05) is 30.0 Å². The van der Waals surface area contributed by atoms with Crippen LogP contribution in [0.3, 0.4) is 0 Å². The molecule has 0 heterocycles. The highest BCUT2D eigenvalue weighted by atomic mass is 35.5. The van der Waals surface area contributed by atoms with E-state index in [-0.39, 0.29) is 30.7 Å². The van der Waals surface area contributed by atoms with E-state index in [1.807, 2.05) is 6.92 Å². The summed E-state index contributed by atoms with van der Waals surface area (Å²) in [6, 6.07) is 3.36. The molecule has 2 atom stereocenters. The SMILES string of the molecule is COc1cc(Cl)c(C)cc1NC(=O)CCNC(=O)[C@@H]1CC[C@H](C(=O)O)C1. The molecule has 26 heavy (non-hydrogen) atoms. The Morgan fingerprint density at radius 1 is 1.27 bits per heavy atom. The number of amides is 2. The molecule has 0 aromatic heterocycles. The smallest absolute Gasteiger partial charge is 0.306 e. The van der Waals surface area contributed by atoms with Gasteiger partial charge in [-0.25, -0.2) is 0 Å². The lowest BCUT2D eigenvalue weighted by Gasteiger charge is -2.13. The topological polar surface area (TPSA) is 105 Å². The maximum absolute atomic E-state index is 12.1. The molecule has 1 fully saturated rings. The van der Waals surface area contributed by atoms with Crippen LogP contribution in [0.25, 0.3) is 0 Å². The maximum Gasteiger partial charge on any atom is 0.306 e. The molecule has 0 bridgehead atoms. The summed E-state index contributed by atoms with van der Waals surface area (Å²) in [4.78, 5) is 35.1. The van der Waals surface area contributed by atoms with Crippen LogP contribution in [0.2, 0.25) is 5.02 Å². The van der Waals surface area contributed by atoms with Crippen LogP contribution < -0.4 is 15.4 Å². The molecule has 1 saturated carbocycles. The van der Waals surface area contributed by atoms with Crippen molar-refractivity contribution >= 4 is 35.1 Å². The van der Waals surface area contributed by atoms with Gasteiger partial charge in [-0.15, -0.1) is 0 Å². The predicted molar refractivity (Wildman–Crippen MR) is 97.5 cm³/mol. The summed E-state index contributed by atoms with van der Waals surface area (Å²) in [6.07, 6.45) is 1.54. The molecular formula is C18H23ClN2O5. The number of halogens is 1. The van der Waals surface area contributed by atoms with E-state index < -0.39 is 11.9 Å². The first kappa shape index (κ1) is 20.0. The number of nitrogens with one attached hydrogen (secondary N) is 2. The van der Waals surface area contributed by atoms with Crippen LogP contribution in [0.1, 0.15) is 31.2 Å². The van der Waals surface area contributed by atoms with Crippen LogP contribution in [-0.2, 0) is 14.4 Å². The van der Waals surface area contributed by atoms with Gasteiger partial charge in [-0.3, -0.25) is 14.4 Å². The van der Waals surface area contributed by atoms with Crippen LogP contribution in [0.4, 0.5) is 5.69 Å². The van der Waals surface area contributed by atoms with E-state index in [0.717, 1.165) is 5.56 Å². The molecule has 0 radical (unpaired) electrons. The monoisotopic (exact) mass is 382 g/mol. The van der Waals surface area contributed by atoms with Gasteiger partial charge in [-0.05, 0) is 37.8 Å². The number of aliphatic carboxylic acids is 1. The van der Waals surface area contributed by atoms with Crippen LogP contribution in [0.5, 0.6) is 5.75 Å². The number of carboxylic acids is 1. The zero-order chi connectivity index (χ0) is 19.3. The van der Waals surface area contributed by atoms with Crippen LogP contribution in [-0.4, -0.2) is 36.5 Å². The lowest BCUT2D eigenvalue weighted by Crippen LogP contribution is -2.32. The molecule has 0 unspecified atom stereocenters. The van der Waals surface area contributed by atoms with Crippen LogP contribution in [0.15, 0.2) is 12.1 Å². The van der Waals surface area contributed by atoms with E-state index in [1.165, 1.54) is 7.11 Å². The van der Waals surface area contributed by atoms with Gasteiger partial charge in [0.15, 0.2) is 0 Å². The second kappa shape index (κ2) is 8.89. The summed E-state index contributed by atoms with van der Waals surface area (Å²) < 4.78 is 5.20. The van der Waals surface area contributed by atoms with E-state index >= 15 is 0 Å². The molecule has 0 spiro atoms. The van der Waals surface area contributed by atoms with Gasteiger partial charge in [0.1, 0.15) is 5.75 Å². The Labute approximate surface area is 157 Å². The number of hydrogen-bond donors (Lipinski definition) is 3. The van der Waals surface area contributed by atoms with Crippen molar-refractivity contribution < 1.29 is 24.2 Å². The number of benzene rings is 1. The van der Waals surface area contributed by atoms with E-state index in [4.69, 9.17) is 21.4 Å². The quantitative estimate of drug-likeness (QED) is 0.672. The standard InChI is InChI=1S/C18H23ClN2O5/c1-10-7-14(15(26-2)9-13(10)19)21-16(22)5-6-20-17(23)11-3-4-12(8-11)18(24)25/h7,9,11-12H,3-6,8H2,1-2H3,(H,20,23)(H,21,22)(H,24,25)/t11-,12+/m1/s1. The Kier molecular flexibility index (Phi) is 6.85. The number of hydrogen-bond acceptors (Lipinski definition) is 4. The van der Waals surface area contributed by atoms with E-state index in [1.54, 1.807) is 12.1 Å². The van der Waals surface area contributed by atoms with E-state index in [0.29, 0.717) is 35.7 Å². The average Bonchev–Trinajstić information content (AvgIpc) is 3.08. The van der Waals surface area contributed by atoms with Crippen molar-refractivity contribution in [3.63, 3.8) is 0 Å². The van der Waals surface area contributed by atoms with Crippen molar-refractivity contribution in [3.8, 4) is 5.75 Å². The lowest BCUT2D eigenvalue weighted by molar-refractivity contribution is -0.141. The molecule has 2 rings (SSSR count). The number of methoxy groups -OCH3 is 1. The fourth-order valence-electron chi connectivity index (χ4n) is 3.03. The Balaban J connectivity index is 1.80. The van der Waals surface area contributed by atoms with Gasteiger partial charge in [-0.1, -0.05) is 11.6 Å². The predicted octanol–water partition coefficient (Wildman–Crippen LogP) is 2.60. The zero-order valence-electron chi connectivity index (χ0n) is 14.8. The van der Waals surface area contributed by atoms with Crippen LogP contribution in [0, 0.1) is 18.8 Å². The minimum absolute atomic E-state index is 0.103. The summed E-state index contributed by atoms with van der Waals surface area (Å²) in [6.45, 7) is 2.01. The van der Waals surface area contributed by atoms with Gasteiger partial charge >= 0.3 is 5.97 Å². The molecule has 8 heteroatoms. The van der Waals surface area contributed by atoms with Crippen molar-refractivity contribution in [1.29, 1.82) is 0 Å². The second-order valence-electron chi connectivity index (χ2n) is 6.44. The maximum atomic E-state index is 12.1. The molecule has 3 N–H and O–H groups in total. The molecule has 1 aromatic carbocycles. The first-order chi connectivity index (χ1) is 12.3. The largest absolute Gasteiger partial charge is 0.495 e. The van der Waals surface area contributed by atoms with Gasteiger partial charge < -0.3 is 20.5 Å². The number of carboxylic acid groups (broad SMARTS) is 1. The fraction of sp³-hybridized carbons (Fsp3) is 0.500. The second-order valence-corrected chi connectivity index (χ2v) is 6.84. The van der Waals surface area contributed by atoms with Gasteiger partial charge in [0.2, 0.25) is 11.8 Å². The third kappa shape index (κ3) is 5.11. The first-order valence-corrected chi connectivity index (χ1v) is 8.84. The molecule has 1 aliphatic carbocycles. The van der Waals surface area contributed by atoms with Gasteiger partial charge in [0.25, 0.3) is 0 Å². The molecular weight excluding hydrogens is 360 g/mol. The van der Waals surface area contributed by atoms with E-state index in [9.17, 15) is 14.4 Å². The minimum atomic E-state index is -0.855. The lowest BCUT2D eigenvalue weighted by atomic mass is 10.0. The van der Waals surface area contributed by atoms with Gasteiger partial charge in [0.05, 0.1) is 18.7 Å². The van der Waals surface area contributed by atoms with Crippen molar-refractivity contribution in [3.05, 3.63) is 22.7 Å². The number of carbonyl (C=O) groups is 3. The molecule has 142 valence electrons. The Bertz CT molecular complexity index is 707.